The summed E-state index contributed by atoms with van der Waals surface area (Å²) < 4.78 is 0. The SMILES string of the molecule is CCN(C(=O)CN(CCO)CCO)C1CC1. The summed E-state index contributed by atoms with van der Waals surface area (Å²) in [5, 5.41) is 17.7. The molecule has 0 atom stereocenters. The Bertz CT molecular complexity index is 213. The van der Waals surface area contributed by atoms with Gasteiger partial charge in [0.05, 0.1) is 19.8 Å². The maximum Gasteiger partial charge on any atom is 0.236 e. The number of amides is 1. The van der Waals surface area contributed by atoms with Gasteiger partial charge in [-0.1, -0.05) is 0 Å². The molecule has 5 nitrogen and oxygen atoms in total. The van der Waals surface area contributed by atoms with E-state index in [2.05, 4.69) is 0 Å². The van der Waals surface area contributed by atoms with Crippen LogP contribution in [0.25, 0.3) is 0 Å². The number of carbonyl (C=O) groups excluding carboxylic acids is 1. The van der Waals surface area contributed by atoms with Crippen molar-refractivity contribution in [2.45, 2.75) is 25.8 Å². The zero-order valence-corrected chi connectivity index (χ0v) is 9.93. The molecule has 1 aliphatic rings. The van der Waals surface area contributed by atoms with Crippen LogP contribution in [0.5, 0.6) is 0 Å². The van der Waals surface area contributed by atoms with Crippen molar-refractivity contribution in [3.8, 4) is 0 Å². The van der Waals surface area contributed by atoms with Gasteiger partial charge >= 0.3 is 0 Å². The van der Waals surface area contributed by atoms with Gasteiger partial charge in [-0.2, -0.15) is 0 Å². The minimum absolute atomic E-state index is 0.0167. The Labute approximate surface area is 96.7 Å². The Morgan fingerprint density at radius 2 is 1.81 bits per heavy atom. The molecule has 0 aromatic heterocycles. The van der Waals surface area contributed by atoms with Gasteiger partial charge in [0.25, 0.3) is 0 Å². The van der Waals surface area contributed by atoms with E-state index in [1.165, 1.54) is 0 Å². The smallest absolute Gasteiger partial charge is 0.236 e. The van der Waals surface area contributed by atoms with E-state index in [9.17, 15) is 4.79 Å². The first-order valence-electron chi connectivity index (χ1n) is 5.96. The highest BCUT2D eigenvalue weighted by Gasteiger charge is 2.31. The Morgan fingerprint density at radius 1 is 1.25 bits per heavy atom. The van der Waals surface area contributed by atoms with E-state index >= 15 is 0 Å². The molecule has 0 unspecified atom stereocenters. The number of nitrogens with zero attached hydrogens (tertiary/aromatic N) is 2. The number of carbonyl (C=O) groups is 1. The van der Waals surface area contributed by atoms with Crippen molar-refractivity contribution < 1.29 is 15.0 Å². The first-order valence-corrected chi connectivity index (χ1v) is 5.96. The molecule has 0 radical (unpaired) electrons. The van der Waals surface area contributed by atoms with Crippen LogP contribution in [0.1, 0.15) is 19.8 Å². The van der Waals surface area contributed by atoms with Crippen LogP contribution < -0.4 is 0 Å². The minimum Gasteiger partial charge on any atom is -0.395 e. The lowest BCUT2D eigenvalue weighted by atomic mass is 10.4. The van der Waals surface area contributed by atoms with Gasteiger partial charge in [-0.15, -0.1) is 0 Å². The summed E-state index contributed by atoms with van der Waals surface area (Å²) in [6, 6.07) is 0.433. The zero-order chi connectivity index (χ0) is 12.0. The average Bonchev–Trinajstić information content (AvgIpc) is 3.04. The standard InChI is InChI=1S/C11H22N2O3/c1-2-13(10-3-4-10)11(16)9-12(5-7-14)6-8-15/h10,14-15H,2-9H2,1H3. The van der Waals surface area contributed by atoms with E-state index in [0.717, 1.165) is 19.4 Å². The molecule has 94 valence electrons. The van der Waals surface area contributed by atoms with Crippen molar-refractivity contribution in [3.63, 3.8) is 0 Å². The number of hydrogen-bond acceptors (Lipinski definition) is 4. The second-order valence-corrected chi connectivity index (χ2v) is 4.13. The van der Waals surface area contributed by atoms with Crippen molar-refractivity contribution >= 4 is 5.91 Å². The van der Waals surface area contributed by atoms with Crippen LogP contribution in [-0.4, -0.2) is 71.4 Å². The molecule has 0 spiro atoms. The normalized spacial score (nSPS) is 15.5. The van der Waals surface area contributed by atoms with Crippen LogP contribution >= 0.6 is 0 Å². The van der Waals surface area contributed by atoms with Crippen molar-refractivity contribution in [1.29, 1.82) is 0 Å². The number of aliphatic hydroxyl groups excluding tert-OH is 2. The van der Waals surface area contributed by atoms with Crippen molar-refractivity contribution in [3.05, 3.63) is 0 Å². The summed E-state index contributed by atoms with van der Waals surface area (Å²) in [6.45, 7) is 3.94. The Hall–Kier alpha value is -0.650. The molecule has 0 heterocycles. The second kappa shape index (κ2) is 6.83. The van der Waals surface area contributed by atoms with E-state index in [0.29, 0.717) is 25.7 Å². The predicted molar refractivity (Wildman–Crippen MR) is 61.0 cm³/mol. The molecule has 0 saturated heterocycles. The summed E-state index contributed by atoms with van der Waals surface area (Å²) >= 11 is 0. The number of likely N-dealkylation sites (N-methyl/N-ethyl adjacent to an activating group) is 1. The fourth-order valence-corrected chi connectivity index (χ4v) is 1.86. The molecule has 0 bridgehead atoms. The zero-order valence-electron chi connectivity index (χ0n) is 9.93. The van der Waals surface area contributed by atoms with Gasteiger partial charge in [0.2, 0.25) is 5.91 Å². The van der Waals surface area contributed by atoms with Crippen molar-refractivity contribution in [1.82, 2.24) is 9.80 Å². The van der Waals surface area contributed by atoms with Crippen LogP contribution in [-0.2, 0) is 4.79 Å². The van der Waals surface area contributed by atoms with E-state index < -0.39 is 0 Å². The Kier molecular flexibility index (Phi) is 5.73. The van der Waals surface area contributed by atoms with Crippen LogP contribution in [0.3, 0.4) is 0 Å². The number of hydrogen-bond donors (Lipinski definition) is 2. The maximum atomic E-state index is 11.9. The molecule has 1 rings (SSSR count). The monoisotopic (exact) mass is 230 g/mol. The highest BCUT2D eigenvalue weighted by molar-refractivity contribution is 5.78. The molecule has 5 heteroatoms. The van der Waals surface area contributed by atoms with Crippen LogP contribution in [0.2, 0.25) is 0 Å². The molecule has 0 aliphatic heterocycles. The van der Waals surface area contributed by atoms with Crippen LogP contribution in [0.4, 0.5) is 0 Å². The van der Waals surface area contributed by atoms with E-state index in [1.807, 2.05) is 11.8 Å². The van der Waals surface area contributed by atoms with Gasteiger partial charge in [0, 0.05) is 25.7 Å². The molecule has 2 N–H and O–H groups in total. The van der Waals surface area contributed by atoms with Crippen molar-refractivity contribution in [2.24, 2.45) is 0 Å². The van der Waals surface area contributed by atoms with E-state index in [1.54, 1.807) is 4.90 Å². The van der Waals surface area contributed by atoms with E-state index in [-0.39, 0.29) is 19.1 Å². The van der Waals surface area contributed by atoms with Crippen molar-refractivity contribution in [2.75, 3.05) is 39.4 Å². The lowest BCUT2D eigenvalue weighted by molar-refractivity contribution is -0.133. The summed E-state index contributed by atoms with van der Waals surface area (Å²) in [5.41, 5.74) is 0. The van der Waals surface area contributed by atoms with Gasteiger partial charge < -0.3 is 15.1 Å². The molecule has 1 amide bonds. The van der Waals surface area contributed by atoms with Gasteiger partial charge in [0.1, 0.15) is 0 Å². The molecule has 0 aromatic carbocycles. The first-order chi connectivity index (χ1) is 7.72. The van der Waals surface area contributed by atoms with E-state index in [4.69, 9.17) is 10.2 Å². The Morgan fingerprint density at radius 3 is 2.19 bits per heavy atom. The van der Waals surface area contributed by atoms with Crippen LogP contribution in [0.15, 0.2) is 0 Å². The molecular formula is C11H22N2O3. The topological polar surface area (TPSA) is 64.0 Å². The summed E-state index contributed by atoms with van der Waals surface area (Å²) in [5.74, 6) is 0.104. The second-order valence-electron chi connectivity index (χ2n) is 4.13. The van der Waals surface area contributed by atoms with Gasteiger partial charge in [-0.3, -0.25) is 9.69 Å². The lowest BCUT2D eigenvalue weighted by Crippen LogP contribution is -2.43. The lowest BCUT2D eigenvalue weighted by Gasteiger charge is -2.25. The molecule has 1 saturated carbocycles. The highest BCUT2D eigenvalue weighted by Crippen LogP contribution is 2.26. The maximum absolute atomic E-state index is 11.9. The van der Waals surface area contributed by atoms with Gasteiger partial charge in [-0.25, -0.2) is 0 Å². The molecule has 0 aromatic rings. The third kappa shape index (κ3) is 4.08. The summed E-state index contributed by atoms with van der Waals surface area (Å²) in [4.78, 5) is 15.6. The quantitative estimate of drug-likeness (QED) is 0.578. The fourth-order valence-electron chi connectivity index (χ4n) is 1.86. The minimum atomic E-state index is 0.0167. The van der Waals surface area contributed by atoms with Crippen LogP contribution in [0, 0.1) is 0 Å². The Balaban J connectivity index is 2.38. The summed E-state index contributed by atoms with van der Waals surface area (Å²) in [7, 11) is 0. The highest BCUT2D eigenvalue weighted by atomic mass is 16.3. The predicted octanol–water partition coefficient (Wildman–Crippen LogP) is -0.716. The summed E-state index contributed by atoms with van der Waals surface area (Å²) in [6.07, 6.45) is 2.22. The van der Waals surface area contributed by atoms with Gasteiger partial charge in [-0.05, 0) is 19.8 Å². The molecule has 16 heavy (non-hydrogen) atoms. The van der Waals surface area contributed by atoms with Gasteiger partial charge in [0.15, 0.2) is 0 Å². The average molecular weight is 230 g/mol. The largest absolute Gasteiger partial charge is 0.395 e. The fraction of sp³-hybridized carbons (Fsp3) is 0.909. The number of aliphatic hydroxyl groups is 2. The molecule has 1 aliphatic carbocycles. The molecule has 1 fully saturated rings. The molecular weight excluding hydrogens is 208 g/mol. The number of rotatable bonds is 8. The first kappa shape index (κ1) is 13.4. The third-order valence-electron chi connectivity index (χ3n) is 2.84. The third-order valence-corrected chi connectivity index (χ3v) is 2.84.